The van der Waals surface area contributed by atoms with E-state index in [4.69, 9.17) is 0 Å². The average molecular weight is 337 g/mol. The second-order valence-electron chi connectivity index (χ2n) is 7.12. The van der Waals surface area contributed by atoms with Gasteiger partial charge >= 0.3 is 0 Å². The van der Waals surface area contributed by atoms with Gasteiger partial charge in [-0.05, 0) is 31.4 Å². The van der Waals surface area contributed by atoms with Crippen LogP contribution in [0.2, 0.25) is 0 Å². The quantitative estimate of drug-likeness (QED) is 0.783. The fraction of sp³-hybridized carbons (Fsp3) is 0.409. The molecule has 0 saturated carbocycles. The summed E-state index contributed by atoms with van der Waals surface area (Å²) in [5.41, 5.74) is 1.42. The van der Waals surface area contributed by atoms with Gasteiger partial charge in [0.15, 0.2) is 5.78 Å². The van der Waals surface area contributed by atoms with Crippen LogP contribution in [0, 0.1) is 0 Å². The maximum absolute atomic E-state index is 12.1. The second-order valence-corrected chi connectivity index (χ2v) is 7.12. The molecule has 2 aromatic rings. The van der Waals surface area contributed by atoms with Crippen molar-refractivity contribution < 1.29 is 9.90 Å². The third-order valence-corrected chi connectivity index (χ3v) is 5.14. The van der Waals surface area contributed by atoms with E-state index in [1.807, 2.05) is 48.5 Å². The van der Waals surface area contributed by atoms with Crippen molar-refractivity contribution in [3.05, 3.63) is 71.8 Å². The molecule has 1 fully saturated rings. The summed E-state index contributed by atoms with van der Waals surface area (Å²) < 4.78 is 0. The van der Waals surface area contributed by atoms with Crippen molar-refractivity contribution in [2.75, 3.05) is 19.6 Å². The van der Waals surface area contributed by atoms with Crippen molar-refractivity contribution in [2.45, 2.75) is 37.7 Å². The zero-order valence-electron chi connectivity index (χ0n) is 14.7. The molecule has 1 aliphatic heterocycles. The Labute approximate surface area is 150 Å². The van der Waals surface area contributed by atoms with Crippen molar-refractivity contribution in [1.29, 1.82) is 0 Å². The molecule has 0 bridgehead atoms. The third kappa shape index (κ3) is 5.25. The minimum atomic E-state index is -0.586. The van der Waals surface area contributed by atoms with Gasteiger partial charge in [0, 0.05) is 31.5 Å². The minimum Gasteiger partial charge on any atom is -0.389 e. The molecular weight excluding hydrogens is 310 g/mol. The maximum atomic E-state index is 12.1. The molecule has 25 heavy (non-hydrogen) atoms. The Hall–Kier alpha value is -1.97. The Balaban J connectivity index is 1.40. The molecule has 1 aliphatic rings. The molecule has 0 atom stereocenters. The highest BCUT2D eigenvalue weighted by Gasteiger charge is 2.32. The largest absolute Gasteiger partial charge is 0.389 e. The predicted octanol–water partition coefficient (Wildman–Crippen LogP) is 3.72. The van der Waals surface area contributed by atoms with E-state index < -0.39 is 5.60 Å². The SMILES string of the molecule is O=C(CCCN1CCC(O)(Cc2ccccc2)CC1)c1ccccc1. The van der Waals surface area contributed by atoms with Crippen LogP contribution >= 0.6 is 0 Å². The van der Waals surface area contributed by atoms with Gasteiger partial charge in [-0.15, -0.1) is 0 Å². The number of hydrogen-bond acceptors (Lipinski definition) is 3. The van der Waals surface area contributed by atoms with Gasteiger partial charge in [-0.1, -0.05) is 60.7 Å². The molecule has 132 valence electrons. The number of Topliss-reactive ketones (excluding diaryl/α,β-unsaturated/α-hetero) is 1. The van der Waals surface area contributed by atoms with E-state index in [0.29, 0.717) is 6.42 Å². The van der Waals surface area contributed by atoms with Crippen LogP contribution in [0.5, 0.6) is 0 Å². The van der Waals surface area contributed by atoms with E-state index in [9.17, 15) is 9.90 Å². The molecule has 0 amide bonds. The lowest BCUT2D eigenvalue weighted by atomic mass is 9.85. The lowest BCUT2D eigenvalue weighted by molar-refractivity contribution is -0.0207. The second kappa shape index (κ2) is 8.41. The first-order valence-electron chi connectivity index (χ1n) is 9.22. The van der Waals surface area contributed by atoms with Crippen LogP contribution in [0.4, 0.5) is 0 Å². The monoisotopic (exact) mass is 337 g/mol. The fourth-order valence-electron chi connectivity index (χ4n) is 3.58. The highest BCUT2D eigenvalue weighted by molar-refractivity contribution is 5.95. The minimum absolute atomic E-state index is 0.221. The van der Waals surface area contributed by atoms with Crippen molar-refractivity contribution in [2.24, 2.45) is 0 Å². The number of benzene rings is 2. The first-order chi connectivity index (χ1) is 12.1. The van der Waals surface area contributed by atoms with Crippen molar-refractivity contribution in [3.63, 3.8) is 0 Å². The Morgan fingerprint density at radius 3 is 2.20 bits per heavy atom. The van der Waals surface area contributed by atoms with Gasteiger partial charge in [0.1, 0.15) is 0 Å². The number of piperidine rings is 1. The van der Waals surface area contributed by atoms with Gasteiger partial charge in [-0.3, -0.25) is 4.79 Å². The first kappa shape index (κ1) is 17.8. The zero-order valence-corrected chi connectivity index (χ0v) is 14.7. The number of hydrogen-bond donors (Lipinski definition) is 1. The summed E-state index contributed by atoms with van der Waals surface area (Å²) in [7, 11) is 0. The van der Waals surface area contributed by atoms with Crippen LogP contribution in [0.15, 0.2) is 60.7 Å². The van der Waals surface area contributed by atoms with E-state index in [2.05, 4.69) is 17.0 Å². The molecule has 1 saturated heterocycles. The summed E-state index contributed by atoms with van der Waals surface area (Å²) >= 11 is 0. The smallest absolute Gasteiger partial charge is 0.162 e. The van der Waals surface area contributed by atoms with Crippen molar-refractivity contribution >= 4 is 5.78 Å². The molecule has 1 heterocycles. The molecule has 1 N–H and O–H groups in total. The highest BCUT2D eigenvalue weighted by atomic mass is 16.3. The zero-order chi connectivity index (χ0) is 17.5. The molecule has 0 aliphatic carbocycles. The van der Waals surface area contributed by atoms with Crippen LogP contribution in [-0.2, 0) is 6.42 Å². The molecule has 0 aromatic heterocycles. The van der Waals surface area contributed by atoms with Gasteiger partial charge in [0.2, 0.25) is 0 Å². The Bertz CT molecular complexity index is 661. The van der Waals surface area contributed by atoms with E-state index in [-0.39, 0.29) is 5.78 Å². The van der Waals surface area contributed by atoms with Crippen LogP contribution in [-0.4, -0.2) is 41.0 Å². The van der Waals surface area contributed by atoms with Crippen molar-refractivity contribution in [1.82, 2.24) is 4.90 Å². The number of nitrogens with zero attached hydrogens (tertiary/aromatic N) is 1. The molecule has 3 nitrogen and oxygen atoms in total. The van der Waals surface area contributed by atoms with Gasteiger partial charge < -0.3 is 10.0 Å². The lowest BCUT2D eigenvalue weighted by Crippen LogP contribution is -2.45. The Morgan fingerprint density at radius 1 is 0.960 bits per heavy atom. The summed E-state index contributed by atoms with van der Waals surface area (Å²) in [6.45, 7) is 2.74. The number of carbonyl (C=O) groups is 1. The molecule has 0 unspecified atom stereocenters. The third-order valence-electron chi connectivity index (χ3n) is 5.14. The summed E-state index contributed by atoms with van der Waals surface area (Å²) in [5.74, 6) is 0.221. The average Bonchev–Trinajstić information content (AvgIpc) is 2.65. The van der Waals surface area contributed by atoms with Crippen molar-refractivity contribution in [3.8, 4) is 0 Å². The topological polar surface area (TPSA) is 40.5 Å². The maximum Gasteiger partial charge on any atom is 0.162 e. The molecule has 0 spiro atoms. The normalized spacial score (nSPS) is 17.3. The van der Waals surface area contributed by atoms with Gasteiger partial charge in [0.05, 0.1) is 5.60 Å². The fourth-order valence-corrected chi connectivity index (χ4v) is 3.58. The first-order valence-corrected chi connectivity index (χ1v) is 9.22. The molecule has 0 radical (unpaired) electrons. The number of ketones is 1. The van der Waals surface area contributed by atoms with Crippen LogP contribution in [0.1, 0.15) is 41.6 Å². The summed E-state index contributed by atoms with van der Waals surface area (Å²) in [4.78, 5) is 14.5. The van der Waals surface area contributed by atoms with E-state index in [1.54, 1.807) is 0 Å². The Kier molecular flexibility index (Phi) is 6.00. The van der Waals surface area contributed by atoms with E-state index >= 15 is 0 Å². The number of carbonyl (C=O) groups excluding carboxylic acids is 1. The van der Waals surface area contributed by atoms with Gasteiger partial charge in [0.25, 0.3) is 0 Å². The van der Waals surface area contributed by atoms with Gasteiger partial charge in [-0.2, -0.15) is 0 Å². The predicted molar refractivity (Wildman–Crippen MR) is 101 cm³/mol. The molecule has 3 rings (SSSR count). The summed E-state index contributed by atoms with van der Waals surface area (Å²) in [5, 5.41) is 10.8. The number of aliphatic hydroxyl groups is 1. The Morgan fingerprint density at radius 2 is 1.56 bits per heavy atom. The lowest BCUT2D eigenvalue weighted by Gasteiger charge is -2.38. The van der Waals surface area contributed by atoms with E-state index in [0.717, 1.165) is 50.9 Å². The molecular formula is C22H27NO2. The number of rotatable bonds is 7. The summed E-state index contributed by atoms with van der Waals surface area (Å²) in [6.07, 6.45) is 3.80. The highest BCUT2D eigenvalue weighted by Crippen LogP contribution is 2.26. The van der Waals surface area contributed by atoms with Crippen LogP contribution in [0.25, 0.3) is 0 Å². The van der Waals surface area contributed by atoms with E-state index in [1.165, 1.54) is 5.56 Å². The summed E-state index contributed by atoms with van der Waals surface area (Å²) in [6, 6.07) is 19.7. The van der Waals surface area contributed by atoms with Gasteiger partial charge in [-0.25, -0.2) is 0 Å². The standard InChI is InChI=1S/C22H27NO2/c24-21(20-10-5-2-6-11-20)12-7-15-23-16-13-22(25,14-17-23)18-19-8-3-1-4-9-19/h1-6,8-11,25H,7,12-18H2. The number of likely N-dealkylation sites (tertiary alicyclic amines) is 1. The van der Waals surface area contributed by atoms with Crippen LogP contribution in [0.3, 0.4) is 0 Å². The van der Waals surface area contributed by atoms with Crippen LogP contribution < -0.4 is 0 Å². The molecule has 2 aromatic carbocycles. The molecule has 3 heteroatoms.